The molecule has 0 aromatic rings. The number of hydrogen-bond acceptors (Lipinski definition) is 3. The minimum Gasteiger partial charge on any atom is -0.418 e. The first kappa shape index (κ1) is 10.7. The third kappa shape index (κ3) is 2.57. The molecule has 14 heavy (non-hydrogen) atoms. The van der Waals surface area contributed by atoms with Gasteiger partial charge in [0.2, 0.25) is 0 Å². The molecule has 0 saturated heterocycles. The van der Waals surface area contributed by atoms with Gasteiger partial charge in [-0.05, 0) is 13.3 Å². The molecule has 0 aromatic heterocycles. The summed E-state index contributed by atoms with van der Waals surface area (Å²) < 4.78 is 0. The van der Waals surface area contributed by atoms with Crippen molar-refractivity contribution in [1.29, 1.82) is 0 Å². The molecule has 76 valence electrons. The third-order valence-electron chi connectivity index (χ3n) is 2.25. The highest BCUT2D eigenvalue weighted by atomic mass is 16.3. The summed E-state index contributed by atoms with van der Waals surface area (Å²) in [6, 6.07) is 0.226. The Kier molecular flexibility index (Phi) is 3.66. The highest BCUT2D eigenvalue weighted by Gasteiger charge is 2.24. The summed E-state index contributed by atoms with van der Waals surface area (Å²) in [4.78, 5) is 4.36. The fraction of sp³-hybridized carbons (Fsp3) is 0.545. The Morgan fingerprint density at radius 2 is 2.43 bits per heavy atom. The molecule has 2 N–H and O–H groups in total. The van der Waals surface area contributed by atoms with Gasteiger partial charge in [0.05, 0.1) is 18.5 Å². The lowest BCUT2D eigenvalue weighted by Crippen LogP contribution is -2.15. The minimum atomic E-state index is 0.226. The molecule has 0 saturated carbocycles. The minimum absolute atomic E-state index is 0.226. The summed E-state index contributed by atoms with van der Waals surface area (Å²) in [5.74, 6) is 0.240. The zero-order chi connectivity index (χ0) is 10.6. The van der Waals surface area contributed by atoms with E-state index in [1.165, 1.54) is 0 Å². The topological polar surface area (TPSA) is 44.6 Å². The Morgan fingerprint density at radius 1 is 1.71 bits per heavy atom. The standard InChI is InChI=1S/C11H16N2O/c1-4-8(2)13-10-7-9(12-3)5-6-11(10)14/h6,8H,4-5H2,1-3H3,(H-,12,13,14)/p+1. The van der Waals surface area contributed by atoms with Gasteiger partial charge in [0.15, 0.2) is 11.8 Å². The molecular weight excluding hydrogens is 176 g/mol. The number of hydrogen-bond donors (Lipinski definition) is 2. The summed E-state index contributed by atoms with van der Waals surface area (Å²) in [5.41, 5.74) is 1.53. The maximum absolute atomic E-state index is 9.55. The van der Waals surface area contributed by atoms with E-state index in [4.69, 9.17) is 0 Å². The van der Waals surface area contributed by atoms with E-state index in [2.05, 4.69) is 23.3 Å². The van der Waals surface area contributed by atoms with E-state index < -0.39 is 0 Å². The zero-order valence-corrected chi connectivity index (χ0v) is 8.96. The monoisotopic (exact) mass is 193 g/mol. The van der Waals surface area contributed by atoms with E-state index >= 15 is 0 Å². The highest BCUT2D eigenvalue weighted by Crippen LogP contribution is 2.12. The third-order valence-corrected chi connectivity index (χ3v) is 2.25. The Bertz CT molecular complexity index is 290. The van der Waals surface area contributed by atoms with Gasteiger partial charge >= 0.3 is 5.71 Å². The van der Waals surface area contributed by atoms with E-state index in [0.717, 1.165) is 12.1 Å². The molecule has 1 rings (SSSR count). The molecule has 1 unspecified atom stereocenters. The molecule has 0 spiro atoms. The Balaban J connectivity index is 2.84. The number of allylic oxidation sites excluding steroid dienone is 2. The van der Waals surface area contributed by atoms with Gasteiger partial charge in [0.1, 0.15) is 0 Å². The second kappa shape index (κ2) is 4.77. The molecule has 3 heteroatoms. The zero-order valence-electron chi connectivity index (χ0n) is 8.96. The number of nitrogens with one attached hydrogen (secondary N) is 1. The van der Waals surface area contributed by atoms with Crippen molar-refractivity contribution < 1.29 is 5.11 Å². The first-order valence-electron chi connectivity index (χ1n) is 4.95. The van der Waals surface area contributed by atoms with Crippen LogP contribution in [-0.2, 0) is 0 Å². The van der Waals surface area contributed by atoms with Crippen LogP contribution in [0.3, 0.4) is 0 Å². The van der Waals surface area contributed by atoms with Crippen LogP contribution in [0.5, 0.6) is 0 Å². The average molecular weight is 193 g/mol. The highest BCUT2D eigenvalue weighted by molar-refractivity contribution is 6.04. The Morgan fingerprint density at radius 3 is 3.00 bits per heavy atom. The molecular formula is C11H17N2O+. The molecule has 0 aliphatic heterocycles. The van der Waals surface area contributed by atoms with Gasteiger partial charge < -0.3 is 10.4 Å². The normalized spacial score (nSPS) is 20.9. The summed E-state index contributed by atoms with van der Waals surface area (Å²) in [6.07, 6.45) is 6.47. The van der Waals surface area contributed by atoms with Gasteiger partial charge in [0, 0.05) is 7.05 Å². The fourth-order valence-corrected chi connectivity index (χ4v) is 1.13. The molecule has 0 radical (unpaired) electrons. The van der Waals surface area contributed by atoms with Gasteiger partial charge in [-0.15, -0.1) is 0 Å². The van der Waals surface area contributed by atoms with Crippen molar-refractivity contribution in [2.75, 3.05) is 7.05 Å². The molecule has 0 aromatic carbocycles. The first-order chi connectivity index (χ1) is 6.67. The summed E-state index contributed by atoms with van der Waals surface area (Å²) in [6.45, 7) is 4.09. The van der Waals surface area contributed by atoms with Crippen LogP contribution in [0.15, 0.2) is 22.5 Å². The second-order valence-corrected chi connectivity index (χ2v) is 3.38. The van der Waals surface area contributed by atoms with Crippen molar-refractivity contribution in [2.45, 2.75) is 32.7 Å². The van der Waals surface area contributed by atoms with Gasteiger partial charge in [-0.25, -0.2) is 4.99 Å². The fourth-order valence-electron chi connectivity index (χ4n) is 1.13. The predicted molar refractivity (Wildman–Crippen MR) is 58.3 cm³/mol. The van der Waals surface area contributed by atoms with E-state index in [1.807, 2.05) is 14.0 Å². The smallest absolute Gasteiger partial charge is 0.328 e. The van der Waals surface area contributed by atoms with Crippen LogP contribution in [-0.4, -0.2) is 23.9 Å². The quantitative estimate of drug-likeness (QED) is 0.673. The number of rotatable bonds is 3. The van der Waals surface area contributed by atoms with Crippen molar-refractivity contribution in [2.24, 2.45) is 4.99 Å². The van der Waals surface area contributed by atoms with E-state index in [0.29, 0.717) is 12.1 Å². The molecule has 0 amide bonds. The SMILES string of the molecule is CCC(C)N=C1[C+]=C(NC)CC=C1O. The molecule has 0 fully saturated rings. The largest absolute Gasteiger partial charge is 0.418 e. The summed E-state index contributed by atoms with van der Waals surface area (Å²) in [7, 11) is 1.85. The van der Waals surface area contributed by atoms with Crippen molar-refractivity contribution >= 4 is 5.71 Å². The number of aliphatic imine (C=N–C) groups is 1. The second-order valence-electron chi connectivity index (χ2n) is 3.38. The molecule has 0 heterocycles. The lowest BCUT2D eigenvalue weighted by Gasteiger charge is -2.03. The number of aliphatic hydroxyl groups is 1. The van der Waals surface area contributed by atoms with Gasteiger partial charge in [0.25, 0.3) is 5.76 Å². The first-order valence-corrected chi connectivity index (χ1v) is 4.95. The predicted octanol–water partition coefficient (Wildman–Crippen LogP) is 1.98. The van der Waals surface area contributed by atoms with Gasteiger partial charge in [-0.2, -0.15) is 0 Å². The van der Waals surface area contributed by atoms with Crippen LogP contribution in [0.2, 0.25) is 0 Å². The molecule has 3 nitrogen and oxygen atoms in total. The van der Waals surface area contributed by atoms with Crippen LogP contribution in [0.4, 0.5) is 0 Å². The Hall–Kier alpha value is -1.34. The maximum Gasteiger partial charge on any atom is 0.328 e. The van der Waals surface area contributed by atoms with E-state index in [1.54, 1.807) is 6.08 Å². The van der Waals surface area contributed by atoms with Crippen molar-refractivity contribution in [1.82, 2.24) is 5.32 Å². The summed E-state index contributed by atoms with van der Waals surface area (Å²) >= 11 is 0. The van der Waals surface area contributed by atoms with Gasteiger partial charge in [-0.3, -0.25) is 0 Å². The Labute approximate surface area is 85.2 Å². The lowest BCUT2D eigenvalue weighted by molar-refractivity contribution is 0.438. The summed E-state index contributed by atoms with van der Waals surface area (Å²) in [5, 5.41) is 12.6. The average Bonchev–Trinajstić information content (AvgIpc) is 2.21. The van der Waals surface area contributed by atoms with Crippen molar-refractivity contribution in [3.8, 4) is 0 Å². The molecule has 1 aliphatic rings. The van der Waals surface area contributed by atoms with Crippen LogP contribution in [0, 0.1) is 6.08 Å². The number of aliphatic hydroxyl groups excluding tert-OH is 1. The van der Waals surface area contributed by atoms with Gasteiger partial charge in [-0.1, -0.05) is 6.92 Å². The van der Waals surface area contributed by atoms with Crippen LogP contribution >= 0.6 is 0 Å². The van der Waals surface area contributed by atoms with Crippen LogP contribution < -0.4 is 5.32 Å². The van der Waals surface area contributed by atoms with Crippen LogP contribution in [0.25, 0.3) is 0 Å². The van der Waals surface area contributed by atoms with E-state index in [-0.39, 0.29) is 11.8 Å². The number of nitrogens with zero attached hydrogens (tertiary/aromatic N) is 1. The molecule has 1 aliphatic carbocycles. The lowest BCUT2D eigenvalue weighted by atomic mass is 10.1. The maximum atomic E-state index is 9.55. The van der Waals surface area contributed by atoms with E-state index in [9.17, 15) is 5.11 Å². The van der Waals surface area contributed by atoms with Crippen molar-refractivity contribution in [3.05, 3.63) is 23.6 Å². The molecule has 0 bridgehead atoms. The van der Waals surface area contributed by atoms with Crippen molar-refractivity contribution in [3.63, 3.8) is 0 Å². The molecule has 1 atom stereocenters. The van der Waals surface area contributed by atoms with Crippen LogP contribution in [0.1, 0.15) is 26.7 Å².